The molecule has 204 valence electrons. The Morgan fingerprint density at radius 3 is 2.33 bits per heavy atom. The Balaban J connectivity index is 1.46. The van der Waals surface area contributed by atoms with Gasteiger partial charge in [-0.15, -0.1) is 11.6 Å². The number of carbonyl (C=O) groups excluding carboxylic acids is 2. The first kappa shape index (κ1) is 27.2. The topological polar surface area (TPSA) is 67.9 Å². The summed E-state index contributed by atoms with van der Waals surface area (Å²) in [6.45, 7) is 1.95. The highest BCUT2D eigenvalue weighted by Gasteiger charge is 2.42. The zero-order chi connectivity index (χ0) is 27.5. The molecule has 2 unspecified atom stereocenters. The van der Waals surface area contributed by atoms with Crippen LogP contribution in [0, 0.1) is 0 Å². The zero-order valence-electron chi connectivity index (χ0n) is 22.7. The largest absolute Gasteiger partial charge is 0.496 e. The van der Waals surface area contributed by atoms with E-state index in [1.807, 2.05) is 72.6 Å². The van der Waals surface area contributed by atoms with Gasteiger partial charge in [-0.3, -0.25) is 9.59 Å². The quantitative estimate of drug-likeness (QED) is 0.270. The monoisotopic (exact) mass is 546 g/mol. The number of nitrogens with one attached hydrogen (secondary N) is 1. The Hall–Kier alpha value is -3.35. The molecule has 1 heterocycles. The molecule has 0 aromatic heterocycles. The molecule has 0 saturated heterocycles. The number of benzene rings is 3. The molecule has 0 radical (unpaired) electrons. The number of hydrogen-bond donors (Lipinski definition) is 1. The van der Waals surface area contributed by atoms with Crippen molar-refractivity contribution in [3.63, 3.8) is 0 Å². The molecule has 1 aliphatic heterocycles. The van der Waals surface area contributed by atoms with E-state index in [1.165, 1.54) is 0 Å². The van der Waals surface area contributed by atoms with E-state index in [9.17, 15) is 9.59 Å². The molecule has 6 nitrogen and oxygen atoms in total. The summed E-state index contributed by atoms with van der Waals surface area (Å²) in [7, 11) is 3.64. The van der Waals surface area contributed by atoms with Crippen LogP contribution in [0.1, 0.15) is 59.5 Å². The molecule has 1 aliphatic carbocycles. The minimum absolute atomic E-state index is 0.0352. The second-order valence-electron chi connectivity index (χ2n) is 10.4. The summed E-state index contributed by atoms with van der Waals surface area (Å²) in [6.07, 6.45) is 3.03. The van der Waals surface area contributed by atoms with Crippen LogP contribution in [0.4, 0.5) is 0 Å². The van der Waals surface area contributed by atoms with Crippen molar-refractivity contribution in [2.75, 3.05) is 14.2 Å². The van der Waals surface area contributed by atoms with E-state index in [2.05, 4.69) is 11.4 Å². The van der Waals surface area contributed by atoms with Gasteiger partial charge in [-0.2, -0.15) is 0 Å². The van der Waals surface area contributed by atoms with Crippen molar-refractivity contribution in [3.05, 3.63) is 83.4 Å². The lowest BCUT2D eigenvalue weighted by atomic mass is 9.89. The first-order chi connectivity index (χ1) is 18.9. The molecule has 1 fully saturated rings. The summed E-state index contributed by atoms with van der Waals surface area (Å²) in [5.41, 5.74) is 4.43. The fourth-order valence-corrected chi connectivity index (χ4v) is 6.08. The Morgan fingerprint density at radius 1 is 1.00 bits per heavy atom. The fourth-order valence-electron chi connectivity index (χ4n) is 5.74. The van der Waals surface area contributed by atoms with Crippen LogP contribution in [0.3, 0.4) is 0 Å². The van der Waals surface area contributed by atoms with Gasteiger partial charge in [0.1, 0.15) is 16.9 Å². The average Bonchev–Trinajstić information content (AvgIpc) is 3.32. The number of alkyl halides is 1. The first-order valence-corrected chi connectivity index (χ1v) is 14.0. The molecule has 0 bridgehead atoms. The third-order valence-electron chi connectivity index (χ3n) is 8.05. The van der Waals surface area contributed by atoms with Crippen LogP contribution in [0.15, 0.2) is 66.7 Å². The summed E-state index contributed by atoms with van der Waals surface area (Å²) in [4.78, 5) is 27.9. The fraction of sp³-hybridized carbons (Fsp3) is 0.375. The highest BCUT2D eigenvalue weighted by atomic mass is 35.5. The molecular weight excluding hydrogens is 512 g/mol. The third kappa shape index (κ3) is 5.68. The Morgan fingerprint density at radius 2 is 1.69 bits per heavy atom. The van der Waals surface area contributed by atoms with Gasteiger partial charge in [-0.1, -0.05) is 48.5 Å². The predicted octanol–water partition coefficient (Wildman–Crippen LogP) is 6.17. The van der Waals surface area contributed by atoms with Gasteiger partial charge >= 0.3 is 0 Å². The average molecular weight is 547 g/mol. The number of fused-ring (bicyclic) bond motifs is 1. The van der Waals surface area contributed by atoms with Crippen molar-refractivity contribution in [1.82, 2.24) is 10.2 Å². The Kier molecular flexibility index (Phi) is 8.24. The lowest BCUT2D eigenvalue weighted by molar-refractivity contribution is -0.142. The number of ether oxygens (including phenoxy) is 2. The first-order valence-electron chi connectivity index (χ1n) is 13.5. The van der Waals surface area contributed by atoms with Gasteiger partial charge < -0.3 is 19.7 Å². The second-order valence-corrected chi connectivity index (χ2v) is 10.9. The molecule has 7 heteroatoms. The maximum absolute atomic E-state index is 14.2. The third-order valence-corrected chi connectivity index (χ3v) is 8.52. The highest BCUT2D eigenvalue weighted by Crippen LogP contribution is 2.42. The van der Waals surface area contributed by atoms with Crippen molar-refractivity contribution < 1.29 is 19.1 Å². The lowest BCUT2D eigenvalue weighted by Crippen LogP contribution is -2.49. The molecule has 3 aromatic carbocycles. The van der Waals surface area contributed by atoms with Crippen molar-refractivity contribution in [1.29, 1.82) is 0 Å². The predicted molar refractivity (Wildman–Crippen MR) is 154 cm³/mol. The number of carbonyl (C=O) groups is 2. The molecule has 39 heavy (non-hydrogen) atoms. The van der Waals surface area contributed by atoms with Gasteiger partial charge in [0.25, 0.3) is 5.91 Å². The second kappa shape index (κ2) is 11.8. The summed E-state index contributed by atoms with van der Waals surface area (Å²) >= 11 is 6.80. The van der Waals surface area contributed by atoms with E-state index in [0.717, 1.165) is 53.7 Å². The van der Waals surface area contributed by atoms with Crippen molar-refractivity contribution in [2.45, 2.75) is 62.7 Å². The summed E-state index contributed by atoms with van der Waals surface area (Å²) < 4.78 is 11.9. The van der Waals surface area contributed by atoms with E-state index < -0.39 is 11.5 Å². The van der Waals surface area contributed by atoms with E-state index in [-0.39, 0.29) is 17.7 Å². The molecule has 2 aliphatic rings. The van der Waals surface area contributed by atoms with Crippen LogP contribution in [0.25, 0.3) is 11.1 Å². The van der Waals surface area contributed by atoms with Crippen molar-refractivity contribution >= 4 is 23.3 Å². The minimum Gasteiger partial charge on any atom is -0.496 e. The number of rotatable bonds is 8. The van der Waals surface area contributed by atoms with Gasteiger partial charge in [0, 0.05) is 35.3 Å². The number of para-hydroxylation sites is 1. The molecule has 1 amide bonds. The van der Waals surface area contributed by atoms with Crippen molar-refractivity contribution in [3.8, 4) is 22.6 Å². The standard InChI is InChI=1S/C32H35ClN2O4/c1-20(36)21-8-10-22(11-9-21)23-12-17-28(38-3)24(18-23)19-35(26-15-13-25(34-2)14-16-26)32(37)31-30(33)27-6-4-5-7-29(27)39-31/h4-12,17-18,25-26,30-31,34H,13-16,19H2,1-3H3/t25-,26+,30?,31?. The Bertz CT molecular complexity index is 1330. The number of hydrogen-bond acceptors (Lipinski definition) is 5. The Labute approximate surface area is 235 Å². The summed E-state index contributed by atoms with van der Waals surface area (Å²) in [5.74, 6) is 1.33. The number of nitrogens with zero attached hydrogens (tertiary/aromatic N) is 1. The molecule has 5 rings (SSSR count). The smallest absolute Gasteiger partial charge is 0.266 e. The summed E-state index contributed by atoms with van der Waals surface area (Å²) in [5, 5.41) is 2.84. The lowest BCUT2D eigenvalue weighted by Gasteiger charge is -2.38. The molecule has 3 aromatic rings. The van der Waals surface area contributed by atoms with E-state index >= 15 is 0 Å². The zero-order valence-corrected chi connectivity index (χ0v) is 23.4. The van der Waals surface area contributed by atoms with Crippen LogP contribution in [-0.4, -0.2) is 48.9 Å². The molecule has 0 spiro atoms. The molecular formula is C32H35ClN2O4. The van der Waals surface area contributed by atoms with E-state index in [1.54, 1.807) is 14.0 Å². The van der Waals surface area contributed by atoms with E-state index in [0.29, 0.717) is 23.9 Å². The van der Waals surface area contributed by atoms with Gasteiger partial charge in [0.2, 0.25) is 0 Å². The highest BCUT2D eigenvalue weighted by molar-refractivity contribution is 6.23. The van der Waals surface area contributed by atoms with Gasteiger partial charge in [-0.05, 0) is 69.0 Å². The molecule has 1 saturated carbocycles. The number of methoxy groups -OCH3 is 1. The van der Waals surface area contributed by atoms with Crippen LogP contribution >= 0.6 is 11.6 Å². The van der Waals surface area contributed by atoms with Crippen LogP contribution in [0.2, 0.25) is 0 Å². The summed E-state index contributed by atoms with van der Waals surface area (Å²) in [6, 6.07) is 21.7. The van der Waals surface area contributed by atoms with Gasteiger partial charge in [0.15, 0.2) is 11.9 Å². The molecule has 1 N–H and O–H groups in total. The van der Waals surface area contributed by atoms with Crippen LogP contribution in [0.5, 0.6) is 11.5 Å². The number of Topliss-reactive ketones (excluding diaryl/α,β-unsaturated/α-hetero) is 1. The van der Waals surface area contributed by atoms with Crippen LogP contribution in [-0.2, 0) is 11.3 Å². The van der Waals surface area contributed by atoms with E-state index in [4.69, 9.17) is 21.1 Å². The normalized spacial score (nSPS) is 22.1. The number of ketones is 1. The van der Waals surface area contributed by atoms with Gasteiger partial charge in [0.05, 0.1) is 7.11 Å². The minimum atomic E-state index is -0.778. The SMILES string of the molecule is CN[C@H]1CC[C@@H](N(Cc2cc(-c3ccc(C(C)=O)cc3)ccc2OC)C(=O)C2Oc3ccccc3C2Cl)CC1. The van der Waals surface area contributed by atoms with Crippen LogP contribution < -0.4 is 14.8 Å². The molecule has 2 atom stereocenters. The number of amides is 1. The maximum Gasteiger partial charge on any atom is 0.266 e. The number of halogens is 1. The van der Waals surface area contributed by atoms with Gasteiger partial charge in [-0.25, -0.2) is 0 Å². The maximum atomic E-state index is 14.2. The van der Waals surface area contributed by atoms with Crippen molar-refractivity contribution in [2.24, 2.45) is 0 Å².